The van der Waals surface area contributed by atoms with Gasteiger partial charge >= 0.3 is 0 Å². The highest BCUT2D eigenvalue weighted by molar-refractivity contribution is 6.28. The summed E-state index contributed by atoms with van der Waals surface area (Å²) in [5.74, 6) is 0.145. The molecule has 0 radical (unpaired) electrons. The first-order chi connectivity index (χ1) is 39.7. The Hall–Kier alpha value is -10.4. The van der Waals surface area contributed by atoms with Crippen LogP contribution in [0.3, 0.4) is 0 Å². The smallest absolute Gasteiger partial charge is 0.0991 e. The highest BCUT2D eigenvalue weighted by atomic mass is 15.1. The van der Waals surface area contributed by atoms with Gasteiger partial charge in [-0.3, -0.25) is 0 Å². The number of nitrogens with zero attached hydrogens (tertiary/aromatic N) is 6. The van der Waals surface area contributed by atoms with Crippen molar-refractivity contribution in [3.63, 3.8) is 0 Å². The molecule has 11 aromatic carbocycles. The number of hydrogen-bond donors (Lipinski definition) is 0. The lowest BCUT2D eigenvalue weighted by Crippen LogP contribution is -2.16. The van der Waals surface area contributed by atoms with Gasteiger partial charge in [0.05, 0.1) is 78.8 Å². The molecule has 0 atom stereocenters. The average Bonchev–Trinajstić information content (AvgIpc) is 4.30. The molecule has 4 heterocycles. The van der Waals surface area contributed by atoms with E-state index in [0.29, 0.717) is 11.1 Å². The summed E-state index contributed by atoms with van der Waals surface area (Å²) in [6.07, 6.45) is 5.44. The Morgan fingerprint density at radius 2 is 0.700 bits per heavy atom. The first kappa shape index (κ1) is 45.8. The number of nitriles is 2. The van der Waals surface area contributed by atoms with E-state index >= 15 is 0 Å². The van der Waals surface area contributed by atoms with Crippen LogP contribution in [0.15, 0.2) is 237 Å². The van der Waals surface area contributed by atoms with E-state index in [0.717, 1.165) is 115 Å². The van der Waals surface area contributed by atoms with Gasteiger partial charge in [-0.05, 0) is 121 Å². The van der Waals surface area contributed by atoms with Crippen LogP contribution in [0, 0.1) is 22.7 Å². The molecule has 0 unspecified atom stereocenters. The van der Waals surface area contributed by atoms with Crippen LogP contribution >= 0.6 is 0 Å². The number of aromatic nitrogens is 4. The molecule has 1 aliphatic rings. The highest BCUT2D eigenvalue weighted by Gasteiger charge is 2.34. The highest BCUT2D eigenvalue weighted by Crippen LogP contribution is 2.53. The molecule has 0 saturated heterocycles. The fourth-order valence-electron chi connectivity index (χ4n) is 14.0. The Balaban J connectivity index is 1.18. The average molecular weight is 1020 g/mol. The molecule has 0 aliphatic heterocycles. The molecular weight excluding hydrogens is 973 g/mol. The molecule has 6 nitrogen and oxygen atoms in total. The number of fused-ring (bicyclic) bond motifs is 14. The van der Waals surface area contributed by atoms with E-state index in [1.165, 1.54) is 55.1 Å². The van der Waals surface area contributed by atoms with Crippen molar-refractivity contribution in [2.45, 2.75) is 38.0 Å². The third kappa shape index (κ3) is 6.70. The topological polar surface area (TPSA) is 67.3 Å². The van der Waals surface area contributed by atoms with Crippen molar-refractivity contribution in [2.24, 2.45) is 0 Å². The quantitative estimate of drug-likeness (QED) is 0.160. The predicted octanol–water partition coefficient (Wildman–Crippen LogP) is 19.2. The van der Waals surface area contributed by atoms with Crippen molar-refractivity contribution in [2.75, 3.05) is 0 Å². The maximum absolute atomic E-state index is 10.3. The molecule has 4 aromatic heterocycles. The molecule has 376 valence electrons. The van der Waals surface area contributed by atoms with E-state index in [9.17, 15) is 10.5 Å². The van der Waals surface area contributed by atoms with Gasteiger partial charge in [-0.1, -0.05) is 165 Å². The second-order valence-corrected chi connectivity index (χ2v) is 21.6. The summed E-state index contributed by atoms with van der Waals surface area (Å²) in [6, 6.07) is 90.5. The Kier molecular flexibility index (Phi) is 10.4. The Morgan fingerprint density at radius 3 is 1.11 bits per heavy atom. The SMILES string of the molecule is N#Cc1ccc(-c2cc(-c3ccc(C#N)cc3)c(-n3c4ccccc4c4ccc5c(c6ccccc6n5-c5ccccc5)c43)c(C3CCCCC3)c2-n2c3ccccc3c3ccc4c(c5ccccc5n4-c4ccccc4)c32)cc1. The molecule has 6 heteroatoms. The minimum absolute atomic E-state index is 0.145. The van der Waals surface area contributed by atoms with Crippen LogP contribution in [0.5, 0.6) is 0 Å². The van der Waals surface area contributed by atoms with Gasteiger partial charge < -0.3 is 18.3 Å². The molecule has 1 aliphatic carbocycles. The Bertz CT molecular complexity index is 4780. The lowest BCUT2D eigenvalue weighted by atomic mass is 9.78. The van der Waals surface area contributed by atoms with Crippen LogP contribution in [0.2, 0.25) is 0 Å². The third-order valence-corrected chi connectivity index (χ3v) is 17.4. The normalized spacial score (nSPS) is 13.2. The van der Waals surface area contributed by atoms with Crippen molar-refractivity contribution in [3.05, 3.63) is 253 Å². The fourth-order valence-corrected chi connectivity index (χ4v) is 14.0. The summed E-state index contributed by atoms with van der Waals surface area (Å²) < 4.78 is 10.2. The van der Waals surface area contributed by atoms with E-state index in [1.807, 2.05) is 24.3 Å². The van der Waals surface area contributed by atoms with Gasteiger partial charge in [-0.2, -0.15) is 10.5 Å². The monoisotopic (exact) mass is 1020 g/mol. The van der Waals surface area contributed by atoms with Crippen molar-refractivity contribution in [3.8, 4) is 57.1 Å². The van der Waals surface area contributed by atoms with Crippen LogP contribution in [0.25, 0.3) is 132 Å². The van der Waals surface area contributed by atoms with E-state index in [1.54, 1.807) is 0 Å². The third-order valence-electron chi connectivity index (χ3n) is 17.4. The standard InChI is InChI=1S/C74H50N6/c75-45-47-32-36-49(37-33-47)60-44-61(50-38-34-48(46-76)35-39-50)74(80-63-29-15-11-25-55(63)57-41-43-67-70(72(57)80)59-27-13-17-31-65(59)78(67)53-22-8-3-9-23-53)68(51-18-4-1-5-19-51)73(60)79-62-28-14-10-24-54(62)56-40-42-66-69(71(56)79)58-26-12-16-30-64(58)77(66)52-20-6-2-7-21-52/h2-3,6-17,20-44,51H,1,4-5,18-19H2. The first-order valence-electron chi connectivity index (χ1n) is 27.9. The van der Waals surface area contributed by atoms with Gasteiger partial charge in [0.25, 0.3) is 0 Å². The van der Waals surface area contributed by atoms with Crippen molar-refractivity contribution in [1.29, 1.82) is 10.5 Å². The number of hydrogen-bond acceptors (Lipinski definition) is 2. The molecule has 0 bridgehead atoms. The van der Waals surface area contributed by atoms with Gasteiger partial charge in [0.15, 0.2) is 0 Å². The maximum atomic E-state index is 10.3. The van der Waals surface area contributed by atoms with Crippen molar-refractivity contribution >= 4 is 87.2 Å². The first-order valence-corrected chi connectivity index (χ1v) is 27.9. The zero-order chi connectivity index (χ0) is 53.0. The molecule has 0 N–H and O–H groups in total. The minimum Gasteiger partial charge on any atom is -0.309 e. The minimum atomic E-state index is 0.145. The van der Waals surface area contributed by atoms with Gasteiger partial charge in [0.1, 0.15) is 0 Å². The number of para-hydroxylation sites is 6. The molecule has 1 fully saturated rings. The lowest BCUT2D eigenvalue weighted by Gasteiger charge is -2.32. The molecule has 16 rings (SSSR count). The summed E-state index contributed by atoms with van der Waals surface area (Å²) in [5, 5.41) is 30.1. The van der Waals surface area contributed by atoms with Crippen molar-refractivity contribution < 1.29 is 0 Å². The second-order valence-electron chi connectivity index (χ2n) is 21.6. The van der Waals surface area contributed by atoms with E-state index in [2.05, 4.69) is 243 Å². The maximum Gasteiger partial charge on any atom is 0.0991 e. The molecule has 0 amide bonds. The van der Waals surface area contributed by atoms with Crippen LogP contribution < -0.4 is 0 Å². The Labute approximate surface area is 462 Å². The zero-order valence-corrected chi connectivity index (χ0v) is 43.8. The van der Waals surface area contributed by atoms with Crippen LogP contribution in [-0.2, 0) is 0 Å². The zero-order valence-electron chi connectivity index (χ0n) is 43.8. The van der Waals surface area contributed by atoms with Crippen LogP contribution in [0.1, 0.15) is 54.7 Å². The summed E-state index contributed by atoms with van der Waals surface area (Å²) in [4.78, 5) is 0. The van der Waals surface area contributed by atoms with Gasteiger partial charge in [-0.25, -0.2) is 0 Å². The molecule has 1 saturated carbocycles. The van der Waals surface area contributed by atoms with Gasteiger partial charge in [-0.15, -0.1) is 0 Å². The predicted molar refractivity (Wildman–Crippen MR) is 330 cm³/mol. The summed E-state index contributed by atoms with van der Waals surface area (Å²) in [5.41, 5.74) is 20.4. The van der Waals surface area contributed by atoms with Gasteiger partial charge in [0.2, 0.25) is 0 Å². The summed E-state index contributed by atoms with van der Waals surface area (Å²) >= 11 is 0. The van der Waals surface area contributed by atoms with Crippen LogP contribution in [-0.4, -0.2) is 18.3 Å². The molecule has 0 spiro atoms. The van der Waals surface area contributed by atoms with E-state index in [4.69, 9.17) is 0 Å². The van der Waals surface area contributed by atoms with Gasteiger partial charge in [0, 0.05) is 71.2 Å². The van der Waals surface area contributed by atoms with E-state index in [-0.39, 0.29) is 5.92 Å². The Morgan fingerprint density at radius 1 is 0.325 bits per heavy atom. The van der Waals surface area contributed by atoms with Crippen LogP contribution in [0.4, 0.5) is 0 Å². The van der Waals surface area contributed by atoms with Crippen molar-refractivity contribution in [1.82, 2.24) is 18.3 Å². The fraction of sp³-hybridized carbons (Fsp3) is 0.0811. The lowest BCUT2D eigenvalue weighted by molar-refractivity contribution is 0.442. The summed E-state index contributed by atoms with van der Waals surface area (Å²) in [6.45, 7) is 0. The molecule has 80 heavy (non-hydrogen) atoms. The second kappa shape index (κ2) is 18.1. The largest absolute Gasteiger partial charge is 0.309 e. The van der Waals surface area contributed by atoms with E-state index < -0.39 is 0 Å². The number of rotatable bonds is 7. The number of benzene rings is 11. The summed E-state index contributed by atoms with van der Waals surface area (Å²) in [7, 11) is 0. The molecular formula is C74H50N6. The molecule has 15 aromatic rings.